The third-order valence-corrected chi connectivity index (χ3v) is 0. The molecule has 0 aromatic carbocycles. The Kier molecular flexibility index (Phi) is 180. The van der Waals surface area contributed by atoms with Crippen LogP contribution in [-0.4, -0.2) is 0 Å². The van der Waals surface area contributed by atoms with Gasteiger partial charge in [0.1, 0.15) is 0 Å². The average Bonchev–Trinajstić information content (AvgIpc) is 0. The van der Waals surface area contributed by atoms with Gasteiger partial charge in [-0.15, -0.1) is 24.8 Å². The Hall–Kier alpha value is 2.06. The van der Waals surface area contributed by atoms with Gasteiger partial charge in [0.2, 0.25) is 0 Å². The van der Waals surface area contributed by atoms with Crippen LogP contribution in [0, 0.1) is 0 Å². The number of rotatable bonds is 0. The molecule has 0 fully saturated rings. The molecule has 0 aromatic heterocycles. The van der Waals surface area contributed by atoms with Crippen molar-refractivity contribution in [1.29, 1.82) is 0 Å². The number of hydrogen-bond donors (Lipinski definition) is 0. The van der Waals surface area contributed by atoms with Crippen molar-refractivity contribution in [2.75, 3.05) is 0 Å². The first-order valence-corrected chi connectivity index (χ1v) is 0. The number of halogens is 2. The van der Waals surface area contributed by atoms with Crippen LogP contribution in [-0.2, 0) is 44.8 Å². The van der Waals surface area contributed by atoms with Gasteiger partial charge in [0.05, 0.1) is 0 Å². The Morgan fingerprint density at radius 1 is 0.500 bits per heavy atom. The summed E-state index contributed by atoms with van der Waals surface area (Å²) in [5.41, 5.74) is 0. The summed E-state index contributed by atoms with van der Waals surface area (Å²) in [5, 5.41) is 0. The molecule has 0 aliphatic rings. The van der Waals surface area contributed by atoms with Gasteiger partial charge in [0.25, 0.3) is 0 Å². The van der Waals surface area contributed by atoms with Gasteiger partial charge in [0.15, 0.2) is 0 Å². The quantitative estimate of drug-likeness (QED) is 0.565. The second-order valence-electron chi connectivity index (χ2n) is 0. The zero-order valence-electron chi connectivity index (χ0n) is 1.71. The molecule has 0 unspecified atom stereocenters. The van der Waals surface area contributed by atoms with E-state index >= 15 is 0 Å². The van der Waals surface area contributed by atoms with E-state index in [1.807, 2.05) is 0 Å². The normalized spacial score (nSPS) is 0. The minimum absolute atomic E-state index is 0. The topological polar surface area (TPSA) is 0 Å². The Labute approximate surface area is 68.9 Å². The van der Waals surface area contributed by atoms with E-state index in [2.05, 4.69) is 0 Å². The fourth-order valence-corrected chi connectivity index (χ4v) is 0. The minimum atomic E-state index is 0. The Balaban J connectivity index is 0. The molecule has 0 saturated carbocycles. The molecule has 0 spiro atoms. The van der Waals surface area contributed by atoms with Crippen molar-refractivity contribution in [1.82, 2.24) is 0 Å². The van der Waals surface area contributed by atoms with Crippen LogP contribution >= 0.6 is 24.8 Å². The standard InChI is InChI=1S/2ClH.2Nb/h2*1H;;. The predicted molar refractivity (Wildman–Crippen MR) is 14.5 cm³/mol. The van der Waals surface area contributed by atoms with E-state index in [4.69, 9.17) is 0 Å². The summed E-state index contributed by atoms with van der Waals surface area (Å²) >= 11 is 0. The van der Waals surface area contributed by atoms with Crippen molar-refractivity contribution in [2.45, 2.75) is 0 Å². The average molecular weight is 259 g/mol. The van der Waals surface area contributed by atoms with Gasteiger partial charge in [0, 0.05) is 44.8 Å². The van der Waals surface area contributed by atoms with E-state index in [1.165, 1.54) is 0 Å². The molecule has 0 atom stereocenters. The Morgan fingerprint density at radius 3 is 0.500 bits per heavy atom. The monoisotopic (exact) mass is 258 g/mol. The molecule has 0 heterocycles. The van der Waals surface area contributed by atoms with Crippen LogP contribution in [0.1, 0.15) is 0 Å². The summed E-state index contributed by atoms with van der Waals surface area (Å²) in [7, 11) is 0. The van der Waals surface area contributed by atoms with Crippen molar-refractivity contribution in [3.8, 4) is 0 Å². The molecule has 0 aliphatic heterocycles. The van der Waals surface area contributed by atoms with Gasteiger partial charge in [-0.2, -0.15) is 0 Å². The molecule has 4 heteroatoms. The predicted octanol–water partition coefficient (Wildman–Crippen LogP) is 0.839. The maximum atomic E-state index is 0. The molecule has 2 radical (unpaired) electrons. The zero-order chi connectivity index (χ0) is 0. The molecule has 26 valence electrons. The molecular weight excluding hydrogens is 257 g/mol. The van der Waals surface area contributed by atoms with Gasteiger partial charge in [-0.3, -0.25) is 0 Å². The smallest absolute Gasteiger partial charge is 0 e. The molecule has 0 N–H and O–H groups in total. The molecule has 0 rings (SSSR count). The Bertz CT molecular complexity index is 4.00. The molecule has 0 amide bonds. The van der Waals surface area contributed by atoms with Crippen LogP contribution in [0.15, 0.2) is 0 Å². The molecular formula is H2Cl2Nb2. The third-order valence-electron chi connectivity index (χ3n) is 0. The van der Waals surface area contributed by atoms with E-state index < -0.39 is 0 Å². The summed E-state index contributed by atoms with van der Waals surface area (Å²) in [4.78, 5) is 0. The summed E-state index contributed by atoms with van der Waals surface area (Å²) in [6.45, 7) is 0. The first kappa shape index (κ1) is 36.6. The first-order chi connectivity index (χ1) is 0. The van der Waals surface area contributed by atoms with E-state index in [9.17, 15) is 0 Å². The minimum Gasteiger partial charge on any atom is -0.147 e. The molecule has 0 aromatic rings. The maximum absolute atomic E-state index is 0. The fraction of sp³-hybridized carbons (Fsp3) is 0. The maximum Gasteiger partial charge on any atom is 0 e. The van der Waals surface area contributed by atoms with E-state index in [0.717, 1.165) is 0 Å². The van der Waals surface area contributed by atoms with E-state index in [0.29, 0.717) is 0 Å². The molecule has 4 heavy (non-hydrogen) atoms. The third kappa shape index (κ3) is 8.96. The molecule has 0 aliphatic carbocycles. The van der Waals surface area contributed by atoms with Crippen LogP contribution < -0.4 is 0 Å². The van der Waals surface area contributed by atoms with Crippen LogP contribution in [0.3, 0.4) is 0 Å². The summed E-state index contributed by atoms with van der Waals surface area (Å²) in [6, 6.07) is 0. The largest absolute Gasteiger partial charge is 0.147 e. The van der Waals surface area contributed by atoms with Gasteiger partial charge >= 0.3 is 0 Å². The summed E-state index contributed by atoms with van der Waals surface area (Å²) in [6.07, 6.45) is 0. The second-order valence-corrected chi connectivity index (χ2v) is 0. The van der Waals surface area contributed by atoms with Crippen LogP contribution in [0.2, 0.25) is 0 Å². The van der Waals surface area contributed by atoms with Crippen molar-refractivity contribution in [3.05, 3.63) is 0 Å². The SMILES string of the molecule is Cl.Cl.[Nb].[Nb]. The zero-order valence-corrected chi connectivity index (χ0v) is 7.74. The van der Waals surface area contributed by atoms with Crippen molar-refractivity contribution >= 4 is 24.8 Å². The second kappa shape index (κ2) is 19.7. The van der Waals surface area contributed by atoms with Crippen LogP contribution in [0.4, 0.5) is 0 Å². The Morgan fingerprint density at radius 2 is 0.500 bits per heavy atom. The van der Waals surface area contributed by atoms with E-state index in [1.54, 1.807) is 0 Å². The van der Waals surface area contributed by atoms with Gasteiger partial charge < -0.3 is 0 Å². The van der Waals surface area contributed by atoms with Crippen LogP contribution in [0.5, 0.6) is 0 Å². The number of hydrogen-bond acceptors (Lipinski definition) is 0. The van der Waals surface area contributed by atoms with E-state index in [-0.39, 0.29) is 69.6 Å². The molecule has 0 nitrogen and oxygen atoms in total. The van der Waals surface area contributed by atoms with Crippen molar-refractivity contribution in [3.63, 3.8) is 0 Å². The first-order valence-electron chi connectivity index (χ1n) is 0. The van der Waals surface area contributed by atoms with Gasteiger partial charge in [-0.1, -0.05) is 0 Å². The van der Waals surface area contributed by atoms with Crippen LogP contribution in [0.25, 0.3) is 0 Å². The summed E-state index contributed by atoms with van der Waals surface area (Å²) < 4.78 is 0. The van der Waals surface area contributed by atoms with Gasteiger partial charge in [-0.25, -0.2) is 0 Å². The summed E-state index contributed by atoms with van der Waals surface area (Å²) in [5.74, 6) is 0. The van der Waals surface area contributed by atoms with Crippen molar-refractivity contribution in [2.24, 2.45) is 0 Å². The fourth-order valence-electron chi connectivity index (χ4n) is 0. The van der Waals surface area contributed by atoms with Crippen molar-refractivity contribution < 1.29 is 44.8 Å². The van der Waals surface area contributed by atoms with Gasteiger partial charge in [-0.05, 0) is 0 Å². The molecule has 0 saturated heterocycles. The molecule has 0 bridgehead atoms.